The maximum atomic E-state index is 13.1. The molecule has 7 nitrogen and oxygen atoms in total. The SMILES string of the molecule is Cc1ccc(CNC(=O)[C@@H]2C[C@H](CN3CCOCC3)CN(Cc3nccn3C)C2)cc1. The van der Waals surface area contributed by atoms with Crippen LogP contribution in [0.3, 0.4) is 0 Å². The van der Waals surface area contributed by atoms with Crippen LogP contribution in [0.5, 0.6) is 0 Å². The van der Waals surface area contributed by atoms with Gasteiger partial charge in [-0.1, -0.05) is 29.8 Å². The number of nitrogens with zero attached hydrogens (tertiary/aromatic N) is 4. The molecule has 0 aliphatic carbocycles. The molecular weight excluding hydrogens is 390 g/mol. The van der Waals surface area contributed by atoms with E-state index in [9.17, 15) is 4.79 Å². The molecule has 168 valence electrons. The number of aryl methyl sites for hydroxylation is 2. The Bertz CT molecular complexity index is 844. The van der Waals surface area contributed by atoms with Gasteiger partial charge in [-0.05, 0) is 24.8 Å². The predicted molar refractivity (Wildman–Crippen MR) is 120 cm³/mol. The molecule has 2 aliphatic rings. The first-order valence-electron chi connectivity index (χ1n) is 11.4. The van der Waals surface area contributed by atoms with Gasteiger partial charge in [0.05, 0.1) is 25.7 Å². The minimum atomic E-state index is 0.00510. The van der Waals surface area contributed by atoms with Gasteiger partial charge >= 0.3 is 0 Å². The fraction of sp³-hybridized carbons (Fsp3) is 0.583. The van der Waals surface area contributed by atoms with Crippen molar-refractivity contribution < 1.29 is 9.53 Å². The maximum Gasteiger partial charge on any atom is 0.224 e. The average Bonchev–Trinajstić information content (AvgIpc) is 3.18. The largest absolute Gasteiger partial charge is 0.379 e. The molecule has 2 atom stereocenters. The number of nitrogens with one attached hydrogen (secondary N) is 1. The fourth-order valence-corrected chi connectivity index (χ4v) is 4.69. The molecule has 1 aromatic heterocycles. The lowest BCUT2D eigenvalue weighted by Gasteiger charge is -2.39. The van der Waals surface area contributed by atoms with E-state index in [1.807, 2.05) is 19.4 Å². The standard InChI is InChI=1S/C24H35N5O2/c1-19-3-5-20(6-4-19)14-26-24(30)22-13-21(15-28-9-11-31-12-10-28)16-29(17-22)18-23-25-7-8-27(23)2/h3-8,21-22H,9-18H2,1-2H3,(H,26,30)/t21-,22-/m1/s1. The minimum absolute atomic E-state index is 0.00510. The van der Waals surface area contributed by atoms with Crippen LogP contribution in [0, 0.1) is 18.8 Å². The van der Waals surface area contributed by atoms with Gasteiger partial charge in [0.1, 0.15) is 5.82 Å². The monoisotopic (exact) mass is 425 g/mol. The summed E-state index contributed by atoms with van der Waals surface area (Å²) in [4.78, 5) is 22.5. The van der Waals surface area contributed by atoms with Gasteiger partial charge in [0.15, 0.2) is 0 Å². The van der Waals surface area contributed by atoms with Crippen LogP contribution in [0.4, 0.5) is 0 Å². The third kappa shape index (κ3) is 6.15. The van der Waals surface area contributed by atoms with Gasteiger partial charge in [-0.2, -0.15) is 0 Å². The number of carbonyl (C=O) groups excluding carboxylic acids is 1. The molecular formula is C24H35N5O2. The Labute approximate surface area is 185 Å². The highest BCUT2D eigenvalue weighted by Gasteiger charge is 2.33. The molecule has 0 bridgehead atoms. The number of likely N-dealkylation sites (tertiary alicyclic amines) is 1. The van der Waals surface area contributed by atoms with Gasteiger partial charge < -0.3 is 14.6 Å². The first-order chi connectivity index (χ1) is 15.1. The molecule has 1 N–H and O–H groups in total. The second-order valence-corrected chi connectivity index (χ2v) is 9.06. The number of hydrogen-bond acceptors (Lipinski definition) is 5. The van der Waals surface area contributed by atoms with Gasteiger partial charge in [0, 0.05) is 58.7 Å². The number of aromatic nitrogens is 2. The lowest BCUT2D eigenvalue weighted by Crippen LogP contribution is -2.50. The van der Waals surface area contributed by atoms with E-state index >= 15 is 0 Å². The molecule has 0 radical (unpaired) electrons. The van der Waals surface area contributed by atoms with E-state index in [1.54, 1.807) is 0 Å². The van der Waals surface area contributed by atoms with Crippen LogP contribution in [0.25, 0.3) is 0 Å². The number of rotatable bonds is 7. The summed E-state index contributed by atoms with van der Waals surface area (Å²) in [5, 5.41) is 3.18. The van der Waals surface area contributed by atoms with Crippen molar-refractivity contribution >= 4 is 5.91 Å². The second kappa shape index (κ2) is 10.4. The Kier molecular flexibility index (Phi) is 7.37. The van der Waals surface area contributed by atoms with Crippen molar-refractivity contribution in [3.63, 3.8) is 0 Å². The van der Waals surface area contributed by atoms with Crippen LogP contribution in [-0.2, 0) is 29.7 Å². The molecule has 7 heteroatoms. The van der Waals surface area contributed by atoms with Gasteiger partial charge in [-0.15, -0.1) is 0 Å². The summed E-state index contributed by atoms with van der Waals surface area (Å²) in [7, 11) is 2.03. The van der Waals surface area contributed by atoms with E-state index in [0.29, 0.717) is 12.5 Å². The van der Waals surface area contributed by atoms with Gasteiger partial charge in [0.25, 0.3) is 0 Å². The first-order valence-corrected chi connectivity index (χ1v) is 11.4. The van der Waals surface area contributed by atoms with E-state index in [4.69, 9.17) is 4.74 Å². The Morgan fingerprint density at radius 2 is 1.94 bits per heavy atom. The summed E-state index contributed by atoms with van der Waals surface area (Å²) in [6.45, 7) is 9.86. The highest BCUT2D eigenvalue weighted by atomic mass is 16.5. The van der Waals surface area contributed by atoms with E-state index in [1.165, 1.54) is 5.56 Å². The van der Waals surface area contributed by atoms with Crippen LogP contribution in [-0.4, -0.2) is 71.2 Å². The van der Waals surface area contributed by atoms with Crippen LogP contribution >= 0.6 is 0 Å². The number of amides is 1. The quantitative estimate of drug-likeness (QED) is 0.733. The number of carbonyl (C=O) groups is 1. The maximum absolute atomic E-state index is 13.1. The Morgan fingerprint density at radius 3 is 2.65 bits per heavy atom. The van der Waals surface area contributed by atoms with Crippen molar-refractivity contribution in [1.29, 1.82) is 0 Å². The predicted octanol–water partition coefficient (Wildman–Crippen LogP) is 1.82. The number of piperidine rings is 1. The molecule has 0 unspecified atom stereocenters. The van der Waals surface area contributed by atoms with Crippen molar-refractivity contribution in [1.82, 2.24) is 24.7 Å². The molecule has 2 saturated heterocycles. The smallest absolute Gasteiger partial charge is 0.224 e. The Hall–Kier alpha value is -2.22. The number of hydrogen-bond donors (Lipinski definition) is 1. The summed E-state index contributed by atoms with van der Waals surface area (Å²) in [5.41, 5.74) is 2.38. The number of benzene rings is 1. The molecule has 4 rings (SSSR count). The zero-order chi connectivity index (χ0) is 21.6. The van der Waals surface area contributed by atoms with Crippen molar-refractivity contribution in [3.05, 3.63) is 53.6 Å². The summed E-state index contributed by atoms with van der Waals surface area (Å²) in [6.07, 6.45) is 4.76. The first kappa shape index (κ1) is 22.0. The van der Waals surface area contributed by atoms with Crippen LogP contribution < -0.4 is 5.32 Å². The highest BCUT2D eigenvalue weighted by Crippen LogP contribution is 2.25. The fourth-order valence-electron chi connectivity index (χ4n) is 4.69. The van der Waals surface area contributed by atoms with Crippen molar-refractivity contribution in [3.8, 4) is 0 Å². The molecule has 0 saturated carbocycles. The molecule has 0 spiro atoms. The molecule has 1 amide bonds. The number of ether oxygens (including phenoxy) is 1. The minimum Gasteiger partial charge on any atom is -0.379 e. The molecule has 3 heterocycles. The van der Waals surface area contributed by atoms with E-state index < -0.39 is 0 Å². The van der Waals surface area contributed by atoms with Crippen molar-refractivity contribution in [2.75, 3.05) is 45.9 Å². The van der Waals surface area contributed by atoms with Crippen LogP contribution in [0.15, 0.2) is 36.7 Å². The molecule has 2 fully saturated rings. The van der Waals surface area contributed by atoms with Gasteiger partial charge in [-0.25, -0.2) is 4.98 Å². The van der Waals surface area contributed by atoms with Crippen molar-refractivity contribution in [2.45, 2.75) is 26.4 Å². The number of morpholine rings is 1. The summed E-state index contributed by atoms with van der Waals surface area (Å²) in [6, 6.07) is 8.36. The Balaban J connectivity index is 1.39. The van der Waals surface area contributed by atoms with Crippen LogP contribution in [0.1, 0.15) is 23.4 Å². The molecule has 31 heavy (non-hydrogen) atoms. The van der Waals surface area contributed by atoms with Crippen molar-refractivity contribution in [2.24, 2.45) is 18.9 Å². The Morgan fingerprint density at radius 1 is 1.16 bits per heavy atom. The molecule has 2 aliphatic heterocycles. The molecule has 2 aromatic rings. The van der Waals surface area contributed by atoms with E-state index in [-0.39, 0.29) is 11.8 Å². The summed E-state index contributed by atoms with van der Waals surface area (Å²) in [5.74, 6) is 1.69. The zero-order valence-electron chi connectivity index (χ0n) is 18.8. The third-order valence-corrected chi connectivity index (χ3v) is 6.48. The van der Waals surface area contributed by atoms with Gasteiger partial charge in [0.2, 0.25) is 5.91 Å². The van der Waals surface area contributed by atoms with E-state index in [2.05, 4.69) is 55.9 Å². The highest BCUT2D eigenvalue weighted by molar-refractivity contribution is 5.79. The van der Waals surface area contributed by atoms with E-state index in [0.717, 1.165) is 70.3 Å². The van der Waals surface area contributed by atoms with Gasteiger partial charge in [-0.3, -0.25) is 14.6 Å². The topological polar surface area (TPSA) is 62.6 Å². The lowest BCUT2D eigenvalue weighted by atomic mass is 9.87. The second-order valence-electron chi connectivity index (χ2n) is 9.06. The third-order valence-electron chi connectivity index (χ3n) is 6.48. The van der Waals surface area contributed by atoms with Crippen LogP contribution in [0.2, 0.25) is 0 Å². The number of imidazole rings is 1. The normalized spacial score (nSPS) is 23.0. The average molecular weight is 426 g/mol. The molecule has 1 aromatic carbocycles. The lowest BCUT2D eigenvalue weighted by molar-refractivity contribution is -0.128. The summed E-state index contributed by atoms with van der Waals surface area (Å²) < 4.78 is 7.57. The summed E-state index contributed by atoms with van der Waals surface area (Å²) >= 11 is 0. The zero-order valence-corrected chi connectivity index (χ0v) is 18.8.